The first-order valence-electron chi connectivity index (χ1n) is 7.26. The number of nitro benzene ring substituents is 2. The number of hydrogen-bond donors (Lipinski definition) is 1. The number of amides is 1. The fourth-order valence-electron chi connectivity index (χ4n) is 1.97. The normalized spacial score (nSPS) is 10.3. The molecule has 1 heterocycles. The van der Waals surface area contributed by atoms with Gasteiger partial charge in [-0.05, 0) is 6.92 Å². The molecule has 2 rings (SSSR count). The van der Waals surface area contributed by atoms with Crippen molar-refractivity contribution in [3.05, 3.63) is 54.0 Å². The van der Waals surface area contributed by atoms with E-state index in [2.05, 4.69) is 10.3 Å². The van der Waals surface area contributed by atoms with E-state index in [0.29, 0.717) is 11.8 Å². The molecule has 0 saturated heterocycles. The predicted octanol–water partition coefficient (Wildman–Crippen LogP) is 2.97. The number of benzene rings is 1. The molecule has 0 aliphatic carbocycles. The van der Waals surface area contributed by atoms with Gasteiger partial charge in [-0.1, -0.05) is 11.6 Å². The number of nitro groups is 2. The van der Waals surface area contributed by atoms with E-state index in [1.807, 2.05) is 0 Å². The summed E-state index contributed by atoms with van der Waals surface area (Å²) in [5.74, 6) is -1.40. The van der Waals surface area contributed by atoms with Gasteiger partial charge in [-0.2, -0.15) is 0 Å². The van der Waals surface area contributed by atoms with Crippen LogP contribution in [0.3, 0.4) is 0 Å². The van der Waals surface area contributed by atoms with Crippen LogP contribution in [0.5, 0.6) is 0 Å². The van der Waals surface area contributed by atoms with Crippen LogP contribution in [0.4, 0.5) is 16.5 Å². The predicted molar refractivity (Wildman–Crippen MR) is 95.2 cm³/mol. The maximum atomic E-state index is 12.4. The van der Waals surface area contributed by atoms with E-state index < -0.39 is 43.7 Å². The number of rotatable bonds is 7. The minimum atomic E-state index is -0.924. The Labute approximate surface area is 160 Å². The molecule has 0 saturated carbocycles. The third-order valence-corrected chi connectivity index (χ3v) is 4.30. The first-order valence-corrected chi connectivity index (χ1v) is 8.52. The number of carbonyl (C=O) groups is 2. The van der Waals surface area contributed by atoms with Crippen LogP contribution < -0.4 is 5.32 Å². The van der Waals surface area contributed by atoms with Crippen molar-refractivity contribution in [2.75, 3.05) is 11.9 Å². The number of halogens is 1. The number of nitrogens with zero attached hydrogens (tertiary/aromatic N) is 3. The summed E-state index contributed by atoms with van der Waals surface area (Å²) in [5, 5.41) is 25.3. The molecule has 13 heteroatoms. The topological polar surface area (TPSA) is 155 Å². The van der Waals surface area contributed by atoms with Crippen LogP contribution >= 0.6 is 22.9 Å². The molecular weight excluding hydrogens is 404 g/mol. The Balaban J connectivity index is 2.26. The van der Waals surface area contributed by atoms with Crippen LogP contribution in [0.1, 0.15) is 23.0 Å². The highest BCUT2D eigenvalue weighted by molar-refractivity contribution is 7.14. The highest BCUT2D eigenvalue weighted by Gasteiger charge is 2.26. The molecule has 1 aromatic carbocycles. The molecule has 0 spiro atoms. The van der Waals surface area contributed by atoms with Crippen molar-refractivity contribution in [2.45, 2.75) is 13.3 Å². The Kier molecular flexibility index (Phi) is 6.36. The number of carbonyl (C=O) groups excluding carboxylic acids is 2. The average molecular weight is 415 g/mol. The van der Waals surface area contributed by atoms with Gasteiger partial charge in [0.05, 0.1) is 40.2 Å². The van der Waals surface area contributed by atoms with E-state index >= 15 is 0 Å². The monoisotopic (exact) mass is 414 g/mol. The number of non-ortho nitro benzene ring substituents is 1. The van der Waals surface area contributed by atoms with Crippen LogP contribution in [0.2, 0.25) is 5.02 Å². The molecule has 1 N–H and O–H groups in total. The highest BCUT2D eigenvalue weighted by atomic mass is 35.5. The Morgan fingerprint density at radius 1 is 1.30 bits per heavy atom. The van der Waals surface area contributed by atoms with Gasteiger partial charge in [0.15, 0.2) is 5.13 Å². The average Bonchev–Trinajstić information content (AvgIpc) is 3.01. The number of aromatic nitrogens is 1. The Hall–Kier alpha value is -3.12. The molecule has 2 aromatic rings. The minimum absolute atomic E-state index is 0.0875. The smallest absolute Gasteiger partial charge is 0.311 e. The molecular formula is C14H11ClN4O7S. The standard InChI is InChI=1S/C14H11ClN4O7S/c1-2-26-11(20)3-7-6-27-14(16-7)17-13(21)9-4-8(18(22)23)5-10(12(9)15)19(24)25/h4-6H,2-3H2,1H3,(H,16,17,21). The van der Waals surface area contributed by atoms with E-state index in [1.54, 1.807) is 6.92 Å². The highest BCUT2D eigenvalue weighted by Crippen LogP contribution is 2.33. The Bertz CT molecular complexity index is 930. The van der Waals surface area contributed by atoms with E-state index in [1.165, 1.54) is 5.38 Å². The second-order valence-corrected chi connectivity index (χ2v) is 6.16. The number of ether oxygens (including phenoxy) is 1. The molecule has 0 aliphatic heterocycles. The largest absolute Gasteiger partial charge is 0.466 e. The summed E-state index contributed by atoms with van der Waals surface area (Å²) in [6.45, 7) is 1.88. The lowest BCUT2D eigenvalue weighted by atomic mass is 10.1. The molecule has 1 aromatic heterocycles. The molecule has 0 atom stereocenters. The molecule has 0 unspecified atom stereocenters. The van der Waals surface area contributed by atoms with E-state index in [4.69, 9.17) is 16.3 Å². The number of esters is 1. The maximum absolute atomic E-state index is 12.4. The Morgan fingerprint density at radius 2 is 2.00 bits per heavy atom. The van der Waals surface area contributed by atoms with Crippen LogP contribution in [-0.4, -0.2) is 33.3 Å². The summed E-state index contributed by atoms with van der Waals surface area (Å²) in [7, 11) is 0. The van der Waals surface area contributed by atoms with E-state index in [-0.39, 0.29) is 18.2 Å². The first-order chi connectivity index (χ1) is 12.7. The summed E-state index contributed by atoms with van der Waals surface area (Å²) < 4.78 is 4.79. The van der Waals surface area contributed by atoms with Gasteiger partial charge in [0.2, 0.25) is 0 Å². The zero-order chi connectivity index (χ0) is 20.1. The molecule has 0 bridgehead atoms. The van der Waals surface area contributed by atoms with Gasteiger partial charge in [0.1, 0.15) is 5.02 Å². The van der Waals surface area contributed by atoms with E-state index in [0.717, 1.165) is 17.4 Å². The molecule has 142 valence electrons. The molecule has 0 aliphatic rings. The SMILES string of the molecule is CCOC(=O)Cc1csc(NC(=O)c2cc([N+](=O)[O-])cc([N+](=O)[O-])c2Cl)n1. The van der Waals surface area contributed by atoms with Crippen molar-refractivity contribution in [1.82, 2.24) is 4.98 Å². The van der Waals surface area contributed by atoms with Crippen molar-refractivity contribution in [2.24, 2.45) is 0 Å². The maximum Gasteiger partial charge on any atom is 0.311 e. The number of anilines is 1. The summed E-state index contributed by atoms with van der Waals surface area (Å²) >= 11 is 6.84. The van der Waals surface area contributed by atoms with Crippen LogP contribution in [0.15, 0.2) is 17.5 Å². The van der Waals surface area contributed by atoms with Crippen molar-refractivity contribution in [1.29, 1.82) is 0 Å². The second kappa shape index (κ2) is 8.51. The fraction of sp³-hybridized carbons (Fsp3) is 0.214. The van der Waals surface area contributed by atoms with E-state index in [9.17, 15) is 29.8 Å². The molecule has 0 fully saturated rings. The van der Waals surface area contributed by atoms with Crippen molar-refractivity contribution < 1.29 is 24.2 Å². The molecule has 0 radical (unpaired) electrons. The van der Waals surface area contributed by atoms with Gasteiger partial charge in [-0.3, -0.25) is 35.1 Å². The van der Waals surface area contributed by atoms with Crippen LogP contribution in [0, 0.1) is 20.2 Å². The van der Waals surface area contributed by atoms with Gasteiger partial charge < -0.3 is 4.74 Å². The van der Waals surface area contributed by atoms with Gasteiger partial charge in [-0.15, -0.1) is 11.3 Å². The lowest BCUT2D eigenvalue weighted by molar-refractivity contribution is -0.394. The van der Waals surface area contributed by atoms with Gasteiger partial charge in [0, 0.05) is 11.4 Å². The second-order valence-electron chi connectivity index (χ2n) is 4.92. The quantitative estimate of drug-likeness (QED) is 0.411. The summed E-state index contributed by atoms with van der Waals surface area (Å²) in [5.41, 5.74) is -1.51. The summed E-state index contributed by atoms with van der Waals surface area (Å²) in [4.78, 5) is 47.9. The van der Waals surface area contributed by atoms with Crippen molar-refractivity contribution in [3.63, 3.8) is 0 Å². The number of nitrogens with one attached hydrogen (secondary N) is 1. The zero-order valence-corrected chi connectivity index (χ0v) is 15.2. The van der Waals surface area contributed by atoms with Crippen LogP contribution in [-0.2, 0) is 16.0 Å². The third kappa shape index (κ3) is 4.95. The first kappa shape index (κ1) is 20.2. The van der Waals surface area contributed by atoms with Crippen molar-refractivity contribution in [3.8, 4) is 0 Å². The van der Waals surface area contributed by atoms with Gasteiger partial charge >= 0.3 is 5.97 Å². The fourth-order valence-corrected chi connectivity index (χ4v) is 2.94. The zero-order valence-electron chi connectivity index (χ0n) is 13.6. The number of hydrogen-bond acceptors (Lipinski definition) is 9. The molecule has 11 nitrogen and oxygen atoms in total. The van der Waals surface area contributed by atoms with Crippen LogP contribution in [0.25, 0.3) is 0 Å². The van der Waals surface area contributed by atoms with Gasteiger partial charge in [-0.25, -0.2) is 4.98 Å². The lowest BCUT2D eigenvalue weighted by Crippen LogP contribution is -2.14. The minimum Gasteiger partial charge on any atom is -0.466 e. The number of thiazole rings is 1. The van der Waals surface area contributed by atoms with Crippen molar-refractivity contribution >= 4 is 51.3 Å². The molecule has 27 heavy (non-hydrogen) atoms. The van der Waals surface area contributed by atoms with Gasteiger partial charge in [0.25, 0.3) is 17.3 Å². The lowest BCUT2D eigenvalue weighted by Gasteiger charge is -2.05. The molecule has 1 amide bonds. The summed E-state index contributed by atoms with van der Waals surface area (Å²) in [6.07, 6.45) is -0.0940. The Morgan fingerprint density at radius 3 is 2.59 bits per heavy atom. The summed E-state index contributed by atoms with van der Waals surface area (Å²) in [6, 6.07) is 1.50. The third-order valence-electron chi connectivity index (χ3n) is 3.09.